The van der Waals surface area contributed by atoms with E-state index in [0.29, 0.717) is 12.0 Å². The van der Waals surface area contributed by atoms with Crippen molar-refractivity contribution >= 4 is 11.6 Å². The first-order chi connectivity index (χ1) is 7.36. The third-order valence-electron chi connectivity index (χ3n) is 3.35. The van der Waals surface area contributed by atoms with Gasteiger partial charge >= 0.3 is 0 Å². The van der Waals surface area contributed by atoms with Gasteiger partial charge in [-0.25, -0.2) is 0 Å². The molecule has 0 bridgehead atoms. The summed E-state index contributed by atoms with van der Waals surface area (Å²) in [6.45, 7) is 1.69. The zero-order valence-electron chi connectivity index (χ0n) is 8.45. The van der Waals surface area contributed by atoms with E-state index in [1.165, 1.54) is 11.1 Å². The number of alkyl halides is 1. The van der Waals surface area contributed by atoms with Gasteiger partial charge in [-0.05, 0) is 24.1 Å². The van der Waals surface area contributed by atoms with Crippen LogP contribution in [0.1, 0.15) is 23.5 Å². The second-order valence-electron chi connectivity index (χ2n) is 4.22. The molecule has 0 amide bonds. The molecule has 3 unspecified atom stereocenters. The van der Waals surface area contributed by atoms with E-state index < -0.39 is 0 Å². The van der Waals surface area contributed by atoms with Gasteiger partial charge in [-0.1, -0.05) is 24.3 Å². The normalized spacial score (nSPS) is 34.3. The van der Waals surface area contributed by atoms with Gasteiger partial charge in [0.2, 0.25) is 0 Å². The first kappa shape index (κ1) is 9.64. The van der Waals surface area contributed by atoms with E-state index in [9.17, 15) is 0 Å². The third-order valence-corrected chi connectivity index (χ3v) is 3.78. The van der Waals surface area contributed by atoms with E-state index in [2.05, 4.69) is 29.6 Å². The smallest absolute Gasteiger partial charge is 0.0920 e. The molecule has 0 aliphatic carbocycles. The van der Waals surface area contributed by atoms with E-state index >= 15 is 0 Å². The Bertz CT molecular complexity index is 368. The number of benzene rings is 1. The summed E-state index contributed by atoms with van der Waals surface area (Å²) >= 11 is 6.33. The van der Waals surface area contributed by atoms with Crippen molar-refractivity contribution in [2.24, 2.45) is 0 Å². The van der Waals surface area contributed by atoms with Crippen LogP contribution in [0.4, 0.5) is 0 Å². The molecule has 1 N–H and O–H groups in total. The maximum atomic E-state index is 6.33. The molecule has 2 aliphatic rings. The average Bonchev–Trinajstić information content (AvgIpc) is 2.29. The lowest BCUT2D eigenvalue weighted by atomic mass is 9.84. The Morgan fingerprint density at radius 3 is 3.13 bits per heavy atom. The molecule has 2 nitrogen and oxygen atoms in total. The van der Waals surface area contributed by atoms with Crippen LogP contribution in [0.3, 0.4) is 0 Å². The van der Waals surface area contributed by atoms with Crippen molar-refractivity contribution in [2.75, 3.05) is 6.54 Å². The number of halogens is 1. The molecular formula is C12H14ClNO. The molecule has 15 heavy (non-hydrogen) atoms. The standard InChI is InChI=1S/C12H14ClNO/c13-12-11-9-4-2-1-3-8(9)7-15-10(11)5-6-14-12/h1-4,10-12,14H,5-7H2. The third kappa shape index (κ3) is 1.57. The van der Waals surface area contributed by atoms with Crippen LogP contribution in [0, 0.1) is 0 Å². The van der Waals surface area contributed by atoms with Crippen LogP contribution < -0.4 is 5.32 Å². The molecule has 3 rings (SSSR count). The van der Waals surface area contributed by atoms with Gasteiger partial charge in [-0.15, -0.1) is 11.6 Å². The van der Waals surface area contributed by atoms with Crippen LogP contribution in [-0.4, -0.2) is 18.1 Å². The van der Waals surface area contributed by atoms with Crippen LogP contribution in [0.15, 0.2) is 24.3 Å². The maximum Gasteiger partial charge on any atom is 0.0920 e. The monoisotopic (exact) mass is 223 g/mol. The molecule has 1 saturated heterocycles. The largest absolute Gasteiger partial charge is 0.373 e. The Balaban J connectivity index is 2.02. The predicted molar refractivity (Wildman–Crippen MR) is 60.0 cm³/mol. The molecule has 3 atom stereocenters. The van der Waals surface area contributed by atoms with Gasteiger partial charge in [-0.2, -0.15) is 0 Å². The van der Waals surface area contributed by atoms with Crippen molar-refractivity contribution in [1.29, 1.82) is 0 Å². The summed E-state index contributed by atoms with van der Waals surface area (Å²) in [6, 6.07) is 8.45. The number of hydrogen-bond donors (Lipinski definition) is 1. The Morgan fingerprint density at radius 1 is 1.33 bits per heavy atom. The van der Waals surface area contributed by atoms with Gasteiger partial charge in [0, 0.05) is 5.92 Å². The van der Waals surface area contributed by atoms with Gasteiger partial charge < -0.3 is 10.1 Å². The summed E-state index contributed by atoms with van der Waals surface area (Å²) in [5, 5.41) is 3.31. The van der Waals surface area contributed by atoms with Crippen LogP contribution in [0.5, 0.6) is 0 Å². The van der Waals surface area contributed by atoms with Crippen LogP contribution >= 0.6 is 11.6 Å². The topological polar surface area (TPSA) is 21.3 Å². The highest BCUT2D eigenvalue weighted by atomic mass is 35.5. The minimum absolute atomic E-state index is 0.00481. The molecule has 0 saturated carbocycles. The van der Waals surface area contributed by atoms with Gasteiger partial charge in [0.1, 0.15) is 0 Å². The fourth-order valence-electron chi connectivity index (χ4n) is 2.59. The fourth-order valence-corrected chi connectivity index (χ4v) is 3.00. The molecule has 0 aromatic heterocycles. The molecule has 0 radical (unpaired) electrons. The van der Waals surface area contributed by atoms with Crippen LogP contribution in [-0.2, 0) is 11.3 Å². The zero-order chi connectivity index (χ0) is 10.3. The summed E-state index contributed by atoms with van der Waals surface area (Å²) in [4.78, 5) is 0. The number of fused-ring (bicyclic) bond motifs is 3. The lowest BCUT2D eigenvalue weighted by Gasteiger charge is -2.40. The Morgan fingerprint density at radius 2 is 2.20 bits per heavy atom. The first-order valence-electron chi connectivity index (χ1n) is 5.43. The summed E-state index contributed by atoms with van der Waals surface area (Å²) in [6.07, 6.45) is 1.35. The quantitative estimate of drug-likeness (QED) is 0.538. The molecule has 1 aromatic carbocycles. The Kier molecular flexibility index (Phi) is 2.43. The molecule has 0 spiro atoms. The summed E-state index contributed by atoms with van der Waals surface area (Å²) in [7, 11) is 0. The van der Waals surface area contributed by atoms with E-state index in [1.54, 1.807) is 0 Å². The van der Waals surface area contributed by atoms with Crippen molar-refractivity contribution in [3.8, 4) is 0 Å². The molecule has 1 aromatic rings. The van der Waals surface area contributed by atoms with Crippen LogP contribution in [0.25, 0.3) is 0 Å². The summed E-state index contributed by atoms with van der Waals surface area (Å²) in [5.74, 6) is 0.311. The predicted octanol–water partition coefficient (Wildman–Crippen LogP) is 2.23. The number of rotatable bonds is 0. The second-order valence-corrected chi connectivity index (χ2v) is 4.69. The van der Waals surface area contributed by atoms with E-state index in [4.69, 9.17) is 16.3 Å². The number of ether oxygens (including phenoxy) is 1. The highest BCUT2D eigenvalue weighted by Gasteiger charge is 2.37. The second kappa shape index (κ2) is 3.78. The van der Waals surface area contributed by atoms with E-state index in [0.717, 1.165) is 19.6 Å². The number of piperidine rings is 1. The molecule has 80 valence electrons. The molecule has 3 heteroatoms. The minimum atomic E-state index is 0.00481. The van der Waals surface area contributed by atoms with Crippen molar-refractivity contribution in [3.63, 3.8) is 0 Å². The SMILES string of the molecule is ClC1NCCC2OCc3ccccc3C12. The summed E-state index contributed by atoms with van der Waals surface area (Å²) in [5.41, 5.74) is 2.65. The zero-order valence-corrected chi connectivity index (χ0v) is 9.20. The fraction of sp³-hybridized carbons (Fsp3) is 0.500. The molecule has 1 fully saturated rings. The lowest BCUT2D eigenvalue weighted by Crippen LogP contribution is -2.47. The minimum Gasteiger partial charge on any atom is -0.373 e. The highest BCUT2D eigenvalue weighted by Crippen LogP contribution is 2.38. The molecule has 2 aliphatic heterocycles. The highest BCUT2D eigenvalue weighted by molar-refractivity contribution is 6.21. The van der Waals surface area contributed by atoms with Gasteiger partial charge in [0.15, 0.2) is 0 Å². The van der Waals surface area contributed by atoms with E-state index in [1.807, 2.05) is 0 Å². The average molecular weight is 224 g/mol. The van der Waals surface area contributed by atoms with Gasteiger partial charge in [-0.3, -0.25) is 0 Å². The lowest BCUT2D eigenvalue weighted by molar-refractivity contribution is -0.0110. The summed E-state index contributed by atoms with van der Waals surface area (Å²) < 4.78 is 5.85. The van der Waals surface area contributed by atoms with Crippen molar-refractivity contribution in [1.82, 2.24) is 5.32 Å². The van der Waals surface area contributed by atoms with Crippen molar-refractivity contribution < 1.29 is 4.74 Å². The Labute approximate surface area is 94.6 Å². The number of hydrogen-bond acceptors (Lipinski definition) is 2. The molecule has 2 heterocycles. The Hall–Kier alpha value is -0.570. The van der Waals surface area contributed by atoms with Gasteiger partial charge in [0.25, 0.3) is 0 Å². The van der Waals surface area contributed by atoms with Crippen LogP contribution in [0.2, 0.25) is 0 Å². The van der Waals surface area contributed by atoms with Crippen molar-refractivity contribution in [3.05, 3.63) is 35.4 Å². The maximum absolute atomic E-state index is 6.33. The van der Waals surface area contributed by atoms with Crippen molar-refractivity contribution in [2.45, 2.75) is 30.6 Å². The van der Waals surface area contributed by atoms with E-state index in [-0.39, 0.29) is 5.50 Å². The molecular weight excluding hydrogens is 210 g/mol. The number of nitrogens with one attached hydrogen (secondary N) is 1. The van der Waals surface area contributed by atoms with Gasteiger partial charge in [0.05, 0.1) is 18.2 Å². The first-order valence-corrected chi connectivity index (χ1v) is 5.87.